The number of hydrogen-bond acceptors (Lipinski definition) is 10. The van der Waals surface area contributed by atoms with Crippen molar-refractivity contribution in [1.82, 2.24) is 30.8 Å². The Morgan fingerprint density at radius 1 is 1.06 bits per heavy atom. The molecule has 0 radical (unpaired) electrons. The molecule has 4 heterocycles. The monoisotopic (exact) mass is 721 g/mol. The first-order valence-electron chi connectivity index (χ1n) is 19.2. The molecule has 53 heavy (non-hydrogen) atoms. The number of anilines is 2. The zero-order chi connectivity index (χ0) is 37.4. The number of carbonyl (C=O) groups excluding carboxylic acids is 1. The molecule has 1 amide bonds. The highest BCUT2D eigenvalue weighted by molar-refractivity contribution is 6.06. The summed E-state index contributed by atoms with van der Waals surface area (Å²) in [6.07, 6.45) is 6.54. The Labute approximate surface area is 311 Å². The number of aromatic amines is 1. The summed E-state index contributed by atoms with van der Waals surface area (Å²) in [5.74, 6) is 1.36. The van der Waals surface area contributed by atoms with E-state index in [2.05, 4.69) is 102 Å². The van der Waals surface area contributed by atoms with Gasteiger partial charge in [-0.3, -0.25) is 4.79 Å². The Balaban J connectivity index is 1.15. The highest BCUT2D eigenvalue weighted by Gasteiger charge is 2.42. The van der Waals surface area contributed by atoms with Crippen LogP contribution in [0.2, 0.25) is 0 Å². The zero-order valence-electron chi connectivity index (χ0n) is 31.8. The van der Waals surface area contributed by atoms with Gasteiger partial charge in [0.15, 0.2) is 0 Å². The molecule has 0 spiro atoms. The summed E-state index contributed by atoms with van der Waals surface area (Å²) in [5, 5.41) is 18.0. The van der Waals surface area contributed by atoms with Crippen LogP contribution in [0.4, 0.5) is 11.4 Å². The summed E-state index contributed by atoms with van der Waals surface area (Å²) in [4.78, 5) is 36.7. The van der Waals surface area contributed by atoms with E-state index in [1.54, 1.807) is 7.11 Å². The minimum atomic E-state index is -0.623. The summed E-state index contributed by atoms with van der Waals surface area (Å²) in [7, 11) is 3.76. The number of nitrogens with two attached hydrogens (primary N) is 1. The molecule has 0 aliphatic carbocycles. The number of carbonyl (C=O) groups is 1. The van der Waals surface area contributed by atoms with Crippen LogP contribution in [0.15, 0.2) is 54.7 Å². The van der Waals surface area contributed by atoms with Crippen molar-refractivity contribution in [2.75, 3.05) is 37.5 Å². The summed E-state index contributed by atoms with van der Waals surface area (Å²) in [5.41, 5.74) is 17.5. The summed E-state index contributed by atoms with van der Waals surface area (Å²) >= 11 is 0. The predicted molar refractivity (Wildman–Crippen MR) is 213 cm³/mol. The highest BCUT2D eigenvalue weighted by Crippen LogP contribution is 2.43. The third-order valence-electron chi connectivity index (χ3n) is 11.5. The van der Waals surface area contributed by atoms with Gasteiger partial charge in [0, 0.05) is 48.2 Å². The Hall–Kier alpha value is -4.33. The molecule has 3 aromatic carbocycles. The van der Waals surface area contributed by atoms with Crippen molar-refractivity contribution < 1.29 is 14.8 Å². The molecule has 0 bridgehead atoms. The number of likely N-dealkylation sites (tertiary alicyclic amines) is 1. The second-order valence-electron chi connectivity index (χ2n) is 15.6. The molecule has 282 valence electrons. The molecule has 7 N–H and O–H groups in total. The van der Waals surface area contributed by atoms with Gasteiger partial charge in [-0.05, 0) is 91.1 Å². The molecular formula is C41H55N9O3. The van der Waals surface area contributed by atoms with E-state index in [1.165, 1.54) is 0 Å². The minimum Gasteiger partial charge on any atom is -0.361 e. The first-order chi connectivity index (χ1) is 25.6. The lowest BCUT2D eigenvalue weighted by molar-refractivity contribution is -0.138. The number of benzene rings is 3. The first-order valence-corrected chi connectivity index (χ1v) is 19.2. The molecule has 7 rings (SSSR count). The van der Waals surface area contributed by atoms with Crippen LogP contribution in [0.3, 0.4) is 0 Å². The van der Waals surface area contributed by atoms with Crippen LogP contribution >= 0.6 is 0 Å². The predicted octanol–water partition coefficient (Wildman–Crippen LogP) is 6.50. The van der Waals surface area contributed by atoms with Crippen molar-refractivity contribution >= 4 is 49.9 Å². The Bertz CT molecular complexity index is 2080. The normalized spacial score (nSPS) is 19.1. The number of nitrogens with zero attached hydrogens (tertiary/aromatic N) is 4. The molecule has 2 aliphatic rings. The molecule has 5 aromatic rings. The van der Waals surface area contributed by atoms with Crippen LogP contribution in [0.5, 0.6) is 0 Å². The molecule has 1 fully saturated rings. The second kappa shape index (κ2) is 15.6. The van der Waals surface area contributed by atoms with Gasteiger partial charge in [0.05, 0.1) is 30.0 Å². The van der Waals surface area contributed by atoms with Gasteiger partial charge in [0.25, 0.3) is 0 Å². The van der Waals surface area contributed by atoms with Crippen molar-refractivity contribution in [2.45, 2.75) is 90.0 Å². The number of pyridine rings is 1. The number of H-pyrrole nitrogens is 1. The lowest BCUT2D eigenvalue weighted by Gasteiger charge is -2.36. The minimum absolute atomic E-state index is 0.00728. The fourth-order valence-electron chi connectivity index (χ4n) is 8.43. The Morgan fingerprint density at radius 3 is 2.58 bits per heavy atom. The number of amides is 1. The van der Waals surface area contributed by atoms with Gasteiger partial charge in [0.2, 0.25) is 5.91 Å². The maximum absolute atomic E-state index is 13.5. The standard InChI is InChI=1S/C41H55N9O3/c1-23(2)32(48-53-6)21-28(9-7-17-42)39-44-31-15-12-26-20-33(43-22-30(26)37(31)45-39)27-11-14-29-25(19-27)13-16-34-38(29)46-40(49(34)5)35-10-8-18-50(35)41(51)36(47-52)24(3)4/h11-16,19-20,22-24,28,32,35-36,40,43,46-48,52H,7-10,17-18,21,42H2,1-6H3/t28-,32-,35+,36+,40?/m1/s1. The maximum Gasteiger partial charge on any atom is 0.242 e. The highest BCUT2D eigenvalue weighted by atomic mass is 16.6. The number of rotatable bonds is 14. The Kier molecular flexibility index (Phi) is 10.9. The van der Waals surface area contributed by atoms with E-state index in [1.807, 2.05) is 18.7 Å². The van der Waals surface area contributed by atoms with Gasteiger partial charge in [0.1, 0.15) is 23.5 Å². The molecule has 1 saturated heterocycles. The third kappa shape index (κ3) is 7.06. The van der Waals surface area contributed by atoms with Gasteiger partial charge in [-0.15, -0.1) is 0 Å². The largest absolute Gasteiger partial charge is 0.361 e. The molecule has 1 unspecified atom stereocenters. The molecule has 5 atom stereocenters. The molecular weight excluding hydrogens is 667 g/mol. The van der Waals surface area contributed by atoms with E-state index >= 15 is 0 Å². The van der Waals surface area contributed by atoms with Gasteiger partial charge in [-0.2, -0.15) is 11.0 Å². The fraction of sp³-hybridized carbons (Fsp3) is 0.488. The number of hydroxylamine groups is 2. The van der Waals surface area contributed by atoms with Crippen molar-refractivity contribution in [2.24, 2.45) is 17.6 Å². The SMILES string of the molecule is CON[C@H](C[C@@H](CCCN)c1nc2ccc3cc(-c4ccc5c6c(ccc5c4)N(C)C([C@@H]4CCCN4C(=O)[C@@H](NO)C(C)C)N6)[nH]cc3c2n1)C(C)C. The number of fused-ring (bicyclic) bond motifs is 6. The van der Waals surface area contributed by atoms with Crippen LogP contribution in [-0.2, 0) is 9.63 Å². The molecule has 2 aromatic heterocycles. The quantitative estimate of drug-likeness (QED) is 0.0700. The van der Waals surface area contributed by atoms with Crippen LogP contribution in [0.25, 0.3) is 43.8 Å². The van der Waals surface area contributed by atoms with Gasteiger partial charge >= 0.3 is 0 Å². The smallest absolute Gasteiger partial charge is 0.242 e. The van der Waals surface area contributed by atoms with Crippen LogP contribution in [0.1, 0.15) is 71.5 Å². The lowest BCUT2D eigenvalue weighted by atomic mass is 9.89. The van der Waals surface area contributed by atoms with Gasteiger partial charge < -0.3 is 35.9 Å². The van der Waals surface area contributed by atoms with Gasteiger partial charge in [-0.1, -0.05) is 52.0 Å². The van der Waals surface area contributed by atoms with E-state index in [0.29, 0.717) is 19.0 Å². The Morgan fingerprint density at radius 2 is 1.85 bits per heavy atom. The van der Waals surface area contributed by atoms with Crippen LogP contribution in [0, 0.1) is 11.8 Å². The van der Waals surface area contributed by atoms with E-state index in [0.717, 1.165) is 93.1 Å². The van der Waals surface area contributed by atoms with Crippen LogP contribution in [-0.4, -0.2) is 82.5 Å². The summed E-state index contributed by atoms with van der Waals surface area (Å²) < 4.78 is 0. The lowest BCUT2D eigenvalue weighted by Crippen LogP contribution is -2.56. The van der Waals surface area contributed by atoms with E-state index < -0.39 is 6.04 Å². The number of nitrogens with one attached hydrogen (secondary N) is 4. The number of likely N-dealkylation sites (N-methyl/N-ethyl adjacent to an activating group) is 1. The average Bonchev–Trinajstić information content (AvgIpc) is 3.90. The molecule has 12 heteroatoms. The zero-order valence-corrected chi connectivity index (χ0v) is 31.8. The first kappa shape index (κ1) is 37.0. The number of hydrogen-bond donors (Lipinski definition) is 6. The maximum atomic E-state index is 13.5. The van der Waals surface area contributed by atoms with Crippen molar-refractivity contribution in [3.05, 3.63) is 60.6 Å². The third-order valence-corrected chi connectivity index (χ3v) is 11.5. The van der Waals surface area contributed by atoms with Crippen LogP contribution < -0.4 is 26.9 Å². The summed E-state index contributed by atoms with van der Waals surface area (Å²) in [6, 6.07) is 16.9. The molecule has 0 saturated carbocycles. The number of imidazole rings is 1. The fourth-order valence-corrected chi connectivity index (χ4v) is 8.43. The van der Waals surface area contributed by atoms with Gasteiger partial charge in [-0.25, -0.2) is 9.97 Å². The molecule has 12 nitrogen and oxygen atoms in total. The van der Waals surface area contributed by atoms with E-state index in [-0.39, 0.29) is 36.0 Å². The van der Waals surface area contributed by atoms with Crippen molar-refractivity contribution in [3.8, 4) is 11.3 Å². The second-order valence-corrected chi connectivity index (χ2v) is 15.6. The summed E-state index contributed by atoms with van der Waals surface area (Å²) in [6.45, 7) is 9.61. The topological polar surface area (TPSA) is 157 Å². The van der Waals surface area contributed by atoms with E-state index in [9.17, 15) is 10.0 Å². The average molecular weight is 722 g/mol. The van der Waals surface area contributed by atoms with E-state index in [4.69, 9.17) is 20.5 Å². The number of aromatic nitrogens is 3. The van der Waals surface area contributed by atoms with Crippen molar-refractivity contribution in [3.63, 3.8) is 0 Å². The molecule has 2 aliphatic heterocycles. The van der Waals surface area contributed by atoms with Crippen molar-refractivity contribution in [1.29, 1.82) is 0 Å².